The average Bonchev–Trinajstić information content (AvgIpc) is 2.97. The molecule has 0 saturated carbocycles. The Morgan fingerprint density at radius 3 is 2.63 bits per heavy atom. The van der Waals surface area contributed by atoms with Gasteiger partial charge in [0.1, 0.15) is 11.4 Å². The quantitative estimate of drug-likeness (QED) is 0.275. The van der Waals surface area contributed by atoms with E-state index in [2.05, 4.69) is 32.2 Å². The zero-order valence-corrected chi connectivity index (χ0v) is 22.2. The predicted molar refractivity (Wildman–Crippen MR) is 143 cm³/mol. The molecule has 0 saturated heterocycles. The number of likely N-dealkylation sites (N-methyl/N-ethyl adjacent to an activating group) is 1. The first-order chi connectivity index (χ1) is 16.7. The molecule has 6 heteroatoms. The second kappa shape index (κ2) is 13.4. The van der Waals surface area contributed by atoms with Crippen LogP contribution in [-0.4, -0.2) is 40.7 Å². The number of hydrogen-bond donors (Lipinski definition) is 1. The van der Waals surface area contributed by atoms with E-state index in [1.54, 1.807) is 12.2 Å². The first-order valence-corrected chi connectivity index (χ1v) is 12.9. The molecule has 2 atom stereocenters. The summed E-state index contributed by atoms with van der Waals surface area (Å²) >= 11 is 0. The van der Waals surface area contributed by atoms with Gasteiger partial charge in [0.15, 0.2) is 0 Å². The molecule has 2 amide bonds. The number of halogens is 1. The highest BCUT2D eigenvalue weighted by molar-refractivity contribution is 6.47. The van der Waals surface area contributed by atoms with E-state index < -0.39 is 5.66 Å². The van der Waals surface area contributed by atoms with E-state index in [1.807, 2.05) is 37.8 Å². The van der Waals surface area contributed by atoms with Gasteiger partial charge in [0, 0.05) is 17.7 Å². The molecule has 0 fully saturated rings. The zero-order chi connectivity index (χ0) is 26.0. The summed E-state index contributed by atoms with van der Waals surface area (Å²) in [7, 11) is 0. The Morgan fingerprint density at radius 1 is 1.29 bits per heavy atom. The van der Waals surface area contributed by atoms with Crippen LogP contribution in [-0.2, 0) is 9.59 Å². The van der Waals surface area contributed by atoms with Crippen LogP contribution in [0.5, 0.6) is 0 Å². The van der Waals surface area contributed by atoms with E-state index in [-0.39, 0.29) is 23.8 Å². The predicted octanol–water partition coefficient (Wildman–Crippen LogP) is 6.36. The van der Waals surface area contributed by atoms with Crippen LogP contribution in [0.25, 0.3) is 0 Å². The van der Waals surface area contributed by atoms with Crippen LogP contribution in [0.3, 0.4) is 0 Å². The molecule has 0 aromatic rings. The second-order valence-electron chi connectivity index (χ2n) is 9.69. The van der Waals surface area contributed by atoms with Crippen molar-refractivity contribution in [1.29, 1.82) is 0 Å². The maximum atomic E-state index is 14.0. The monoisotopic (exact) mass is 483 g/mol. The van der Waals surface area contributed by atoms with Gasteiger partial charge < -0.3 is 10.2 Å². The first kappa shape index (κ1) is 28.5. The minimum Gasteiger partial charge on any atom is -0.353 e. The van der Waals surface area contributed by atoms with Crippen LogP contribution in [0.4, 0.5) is 4.39 Å². The number of hydrogen-bond acceptors (Lipinski definition) is 3. The fourth-order valence-electron chi connectivity index (χ4n) is 4.99. The van der Waals surface area contributed by atoms with Crippen molar-refractivity contribution in [3.05, 3.63) is 59.5 Å². The summed E-state index contributed by atoms with van der Waals surface area (Å²) in [5, 5.41) is 2.90. The molecule has 0 aromatic heterocycles. The smallest absolute Gasteiger partial charge is 0.275 e. The number of nitrogens with one attached hydrogen (secondary N) is 1. The third-order valence-corrected chi connectivity index (χ3v) is 6.61. The van der Waals surface area contributed by atoms with Crippen molar-refractivity contribution >= 4 is 17.5 Å². The molecule has 35 heavy (non-hydrogen) atoms. The van der Waals surface area contributed by atoms with Crippen LogP contribution >= 0.6 is 0 Å². The lowest BCUT2D eigenvalue weighted by Crippen LogP contribution is -2.53. The molecule has 0 aromatic carbocycles. The van der Waals surface area contributed by atoms with Crippen molar-refractivity contribution in [2.45, 2.75) is 91.8 Å². The first-order valence-electron chi connectivity index (χ1n) is 12.9. The van der Waals surface area contributed by atoms with Crippen molar-refractivity contribution in [3.8, 4) is 0 Å². The SMILES string of the molecule is C\C=C/C(=C\C=C\F)C1=NC(C)(CCCC)N(C(C2=CCC=C(C(=O)NCC)CC2)C(C)C)C1=O. The zero-order valence-electron chi connectivity index (χ0n) is 22.2. The minimum atomic E-state index is -0.694. The normalized spacial score (nSPS) is 22.5. The molecule has 192 valence electrons. The van der Waals surface area contributed by atoms with Crippen LogP contribution in [0.1, 0.15) is 80.1 Å². The minimum absolute atomic E-state index is 0.0130. The highest BCUT2D eigenvalue weighted by Gasteiger charge is 2.48. The summed E-state index contributed by atoms with van der Waals surface area (Å²) in [6, 6.07) is -0.142. The van der Waals surface area contributed by atoms with E-state index in [0.29, 0.717) is 37.0 Å². The van der Waals surface area contributed by atoms with Gasteiger partial charge in [-0.25, -0.2) is 4.39 Å². The van der Waals surface area contributed by atoms with Crippen molar-refractivity contribution in [3.63, 3.8) is 0 Å². The maximum absolute atomic E-state index is 14.0. The standard InChI is InChI=1S/C29H42FN3O2/c1-7-10-19-29(6)32-25(22(13-8-2)16-12-20-30)28(35)33(29)26(21(4)5)23-14-11-15-24(18-17-23)27(34)31-9-3/h8,12-16,20-21,26H,7,9-11,17-19H2,1-6H3,(H,31,34)/b13-8-,20-12+,22-16+. The molecule has 2 rings (SSSR count). The van der Waals surface area contributed by atoms with Crippen LogP contribution in [0, 0.1) is 5.92 Å². The highest BCUT2D eigenvalue weighted by atomic mass is 19.1. The van der Waals surface area contributed by atoms with Gasteiger partial charge in [0.2, 0.25) is 5.91 Å². The largest absolute Gasteiger partial charge is 0.353 e. The van der Waals surface area contributed by atoms with Crippen molar-refractivity contribution in [2.24, 2.45) is 10.9 Å². The Bertz CT molecular complexity index is 955. The Labute approximate surface area is 210 Å². The van der Waals surface area contributed by atoms with E-state index in [9.17, 15) is 14.0 Å². The molecule has 0 spiro atoms. The molecule has 1 N–H and O–H groups in total. The fraction of sp³-hybridized carbons (Fsp3) is 0.552. The lowest BCUT2D eigenvalue weighted by molar-refractivity contribution is -0.130. The summed E-state index contributed by atoms with van der Waals surface area (Å²) < 4.78 is 12.8. The Morgan fingerprint density at radius 2 is 2.03 bits per heavy atom. The summed E-state index contributed by atoms with van der Waals surface area (Å²) in [4.78, 5) is 33.4. The van der Waals surface area contributed by atoms with Crippen molar-refractivity contribution < 1.29 is 14.0 Å². The summed E-state index contributed by atoms with van der Waals surface area (Å²) in [5.41, 5.74) is 2.26. The Hall–Kier alpha value is -2.76. The van der Waals surface area contributed by atoms with Gasteiger partial charge in [-0.3, -0.25) is 14.6 Å². The van der Waals surface area contributed by atoms with Gasteiger partial charge in [0.05, 0.1) is 12.4 Å². The molecule has 1 aliphatic heterocycles. The molecule has 2 aliphatic rings. The Balaban J connectivity index is 2.47. The molecule has 5 nitrogen and oxygen atoms in total. The lowest BCUT2D eigenvalue weighted by Gasteiger charge is -2.42. The van der Waals surface area contributed by atoms with E-state index in [4.69, 9.17) is 4.99 Å². The molecule has 2 unspecified atom stereocenters. The van der Waals surface area contributed by atoms with Crippen LogP contribution in [0.15, 0.2) is 64.5 Å². The molecule has 0 bridgehead atoms. The summed E-state index contributed by atoms with van der Waals surface area (Å²) in [5.74, 6) is 0.0218. The number of carbonyl (C=O) groups excluding carboxylic acids is 2. The van der Waals surface area contributed by atoms with Gasteiger partial charge in [-0.1, -0.05) is 63.1 Å². The number of amides is 2. The lowest BCUT2D eigenvalue weighted by atomic mass is 9.87. The summed E-state index contributed by atoms with van der Waals surface area (Å²) in [6.45, 7) is 12.8. The number of aliphatic imine (C=N–C) groups is 1. The fourth-order valence-corrected chi connectivity index (χ4v) is 4.99. The van der Waals surface area contributed by atoms with Gasteiger partial charge in [0.25, 0.3) is 5.91 Å². The summed E-state index contributed by atoms with van der Waals surface area (Å²) in [6.07, 6.45) is 15.9. The van der Waals surface area contributed by atoms with Gasteiger partial charge in [-0.2, -0.15) is 0 Å². The van der Waals surface area contributed by atoms with Crippen molar-refractivity contribution in [1.82, 2.24) is 10.2 Å². The van der Waals surface area contributed by atoms with Gasteiger partial charge in [-0.05, 0) is 64.9 Å². The Kier molecular flexibility index (Phi) is 10.9. The van der Waals surface area contributed by atoms with Crippen LogP contribution < -0.4 is 5.32 Å². The molecular formula is C29H42FN3O2. The van der Waals surface area contributed by atoms with E-state index in [1.165, 1.54) is 11.6 Å². The molecule has 1 heterocycles. The van der Waals surface area contributed by atoms with E-state index in [0.717, 1.165) is 31.3 Å². The third-order valence-electron chi connectivity index (χ3n) is 6.61. The van der Waals surface area contributed by atoms with Gasteiger partial charge >= 0.3 is 0 Å². The number of nitrogens with zero attached hydrogens (tertiary/aromatic N) is 2. The number of rotatable bonds is 11. The number of unbranched alkanes of at least 4 members (excludes halogenated alkanes) is 1. The van der Waals surface area contributed by atoms with Crippen LogP contribution in [0.2, 0.25) is 0 Å². The molecule has 1 aliphatic carbocycles. The highest BCUT2D eigenvalue weighted by Crippen LogP contribution is 2.39. The third kappa shape index (κ3) is 6.89. The maximum Gasteiger partial charge on any atom is 0.275 e. The number of allylic oxidation sites excluding steroid dienone is 6. The molecular weight excluding hydrogens is 441 g/mol. The van der Waals surface area contributed by atoms with E-state index >= 15 is 0 Å². The molecule has 0 radical (unpaired) electrons. The van der Waals surface area contributed by atoms with Crippen molar-refractivity contribution in [2.75, 3.05) is 6.54 Å². The second-order valence-corrected chi connectivity index (χ2v) is 9.69. The topological polar surface area (TPSA) is 61.8 Å². The number of carbonyl (C=O) groups is 2. The average molecular weight is 484 g/mol. The van der Waals surface area contributed by atoms with Gasteiger partial charge in [-0.15, -0.1) is 0 Å².